The maximum atomic E-state index is 12.6. The molecule has 2 N–H and O–H groups in total. The van der Waals surface area contributed by atoms with Crippen LogP contribution in [0.4, 0.5) is 17.1 Å². The second-order valence-electron chi connectivity index (χ2n) is 8.08. The largest absolute Gasteiger partial charge is 0.326 e. The van der Waals surface area contributed by atoms with E-state index >= 15 is 0 Å². The van der Waals surface area contributed by atoms with Crippen LogP contribution in [0, 0.1) is 6.92 Å². The number of aryl methyl sites for hydroxylation is 1. The van der Waals surface area contributed by atoms with Gasteiger partial charge < -0.3 is 5.32 Å². The van der Waals surface area contributed by atoms with Crippen LogP contribution in [0.15, 0.2) is 71.6 Å². The zero-order valence-corrected chi connectivity index (χ0v) is 22.7. The Morgan fingerprint density at radius 2 is 1.61 bits per heavy atom. The van der Waals surface area contributed by atoms with Crippen molar-refractivity contribution in [3.05, 3.63) is 82.3 Å². The Kier molecular flexibility index (Phi) is 8.89. The first-order chi connectivity index (χ1) is 16.8. The lowest BCUT2D eigenvalue weighted by atomic mass is 10.2. The first kappa shape index (κ1) is 27.8. The highest BCUT2D eigenvalue weighted by Crippen LogP contribution is 2.31. The van der Waals surface area contributed by atoms with Crippen molar-refractivity contribution in [3.8, 4) is 0 Å². The van der Waals surface area contributed by atoms with E-state index in [1.165, 1.54) is 36.4 Å². The van der Waals surface area contributed by atoms with E-state index in [0.717, 1.165) is 16.1 Å². The van der Waals surface area contributed by atoms with Crippen LogP contribution in [0.5, 0.6) is 0 Å². The van der Waals surface area contributed by atoms with Crippen molar-refractivity contribution in [2.45, 2.75) is 24.7 Å². The molecule has 1 amide bonds. The molecule has 0 aromatic heterocycles. The Labute approximate surface area is 221 Å². The van der Waals surface area contributed by atoms with Crippen molar-refractivity contribution in [1.82, 2.24) is 0 Å². The van der Waals surface area contributed by atoms with Gasteiger partial charge >= 0.3 is 0 Å². The summed E-state index contributed by atoms with van der Waals surface area (Å²) in [6.07, 6.45) is 1.29. The summed E-state index contributed by atoms with van der Waals surface area (Å²) in [6.45, 7) is 1.88. The van der Waals surface area contributed by atoms with Gasteiger partial charge in [-0.25, -0.2) is 16.8 Å². The van der Waals surface area contributed by atoms with E-state index in [4.69, 9.17) is 23.2 Å². The lowest BCUT2D eigenvalue weighted by Crippen LogP contribution is -2.31. The molecule has 0 fully saturated rings. The molecular formula is C24H25Cl2N3O5S2. The molecule has 12 heteroatoms. The SMILES string of the molecule is Cc1cccc(NS(=O)(=O)c2ccc(NC(=O)CCCN(c3cc(Cl)ccc3Cl)S(C)(=O)=O)cc2)c1. The fourth-order valence-corrected chi connectivity index (χ4v) is 5.84. The van der Waals surface area contributed by atoms with E-state index in [9.17, 15) is 21.6 Å². The van der Waals surface area contributed by atoms with Crippen LogP contribution >= 0.6 is 23.2 Å². The Morgan fingerprint density at radius 1 is 0.917 bits per heavy atom. The van der Waals surface area contributed by atoms with Gasteiger partial charge in [-0.2, -0.15) is 0 Å². The number of carbonyl (C=O) groups is 1. The summed E-state index contributed by atoms with van der Waals surface area (Å²) in [4.78, 5) is 12.4. The molecule has 0 aliphatic heterocycles. The number of hydrogen-bond acceptors (Lipinski definition) is 5. The van der Waals surface area contributed by atoms with Crippen molar-refractivity contribution >= 4 is 66.2 Å². The smallest absolute Gasteiger partial charge is 0.261 e. The molecule has 3 aromatic carbocycles. The third-order valence-corrected chi connectivity index (χ3v) is 8.19. The highest BCUT2D eigenvalue weighted by molar-refractivity contribution is 7.92. The minimum Gasteiger partial charge on any atom is -0.326 e. The maximum Gasteiger partial charge on any atom is 0.261 e. The van der Waals surface area contributed by atoms with Gasteiger partial charge in [0.25, 0.3) is 10.0 Å². The Bertz CT molecular complexity index is 1460. The van der Waals surface area contributed by atoms with Crippen LogP contribution < -0.4 is 14.3 Å². The summed E-state index contributed by atoms with van der Waals surface area (Å²) in [5.74, 6) is -0.353. The number of nitrogens with zero attached hydrogens (tertiary/aromatic N) is 1. The molecule has 0 radical (unpaired) electrons. The van der Waals surface area contributed by atoms with Gasteiger partial charge in [0.2, 0.25) is 15.9 Å². The molecular weight excluding hydrogens is 545 g/mol. The Morgan fingerprint density at radius 3 is 2.25 bits per heavy atom. The summed E-state index contributed by atoms with van der Waals surface area (Å²) in [5.41, 5.74) is 2.02. The highest BCUT2D eigenvalue weighted by Gasteiger charge is 2.21. The third-order valence-electron chi connectivity index (χ3n) is 5.06. The lowest BCUT2D eigenvalue weighted by Gasteiger charge is -2.23. The monoisotopic (exact) mass is 569 g/mol. The van der Waals surface area contributed by atoms with E-state index in [1.54, 1.807) is 24.3 Å². The molecule has 0 unspecified atom stereocenters. The molecule has 0 aliphatic rings. The van der Waals surface area contributed by atoms with E-state index < -0.39 is 20.0 Å². The molecule has 0 saturated carbocycles. The standard InChI is InChI=1S/C24H25Cl2N3O5S2/c1-17-5-3-6-20(15-17)28-36(33,34)21-11-9-19(10-12-21)27-24(30)7-4-14-29(35(2,31)32)23-16-18(25)8-13-22(23)26/h3,5-6,8-13,15-16,28H,4,7,14H2,1-2H3,(H,27,30). The Balaban J connectivity index is 1.59. The summed E-state index contributed by atoms with van der Waals surface area (Å²) < 4.78 is 53.4. The molecule has 0 saturated heterocycles. The number of amides is 1. The minimum atomic E-state index is -3.79. The molecule has 0 heterocycles. The molecule has 0 atom stereocenters. The fourth-order valence-electron chi connectivity index (χ4n) is 3.39. The molecule has 192 valence electrons. The topological polar surface area (TPSA) is 113 Å². The molecule has 8 nitrogen and oxygen atoms in total. The van der Waals surface area contributed by atoms with E-state index in [2.05, 4.69) is 10.0 Å². The summed E-state index contributed by atoms with van der Waals surface area (Å²) in [6, 6.07) is 17.2. The maximum absolute atomic E-state index is 12.6. The molecule has 3 aromatic rings. The van der Waals surface area contributed by atoms with Crippen molar-refractivity contribution in [2.75, 3.05) is 27.1 Å². The van der Waals surface area contributed by atoms with Gasteiger partial charge in [0.15, 0.2) is 0 Å². The molecule has 3 rings (SSSR count). The summed E-state index contributed by atoms with van der Waals surface area (Å²) >= 11 is 12.1. The number of carbonyl (C=O) groups excluding carboxylic acids is 1. The number of anilines is 3. The second kappa shape index (κ2) is 11.5. The van der Waals surface area contributed by atoms with Crippen LogP contribution in [-0.2, 0) is 24.8 Å². The van der Waals surface area contributed by atoms with Crippen molar-refractivity contribution in [2.24, 2.45) is 0 Å². The zero-order valence-electron chi connectivity index (χ0n) is 19.5. The predicted octanol–water partition coefficient (Wildman–Crippen LogP) is 5.29. The van der Waals surface area contributed by atoms with Gasteiger partial charge in [-0.1, -0.05) is 35.3 Å². The predicted molar refractivity (Wildman–Crippen MR) is 145 cm³/mol. The summed E-state index contributed by atoms with van der Waals surface area (Å²) in [5, 5.41) is 3.24. The quantitative estimate of drug-likeness (QED) is 0.344. The third kappa shape index (κ3) is 7.60. The van der Waals surface area contributed by atoms with E-state index in [1.807, 2.05) is 13.0 Å². The van der Waals surface area contributed by atoms with Gasteiger partial charge in [-0.3, -0.25) is 13.8 Å². The van der Waals surface area contributed by atoms with E-state index in [-0.39, 0.29) is 40.9 Å². The van der Waals surface area contributed by atoms with Gasteiger partial charge in [0.1, 0.15) is 0 Å². The number of hydrogen-bond donors (Lipinski definition) is 2. The van der Waals surface area contributed by atoms with Crippen LogP contribution in [-0.4, -0.2) is 35.5 Å². The Hall–Kier alpha value is -2.79. The minimum absolute atomic E-state index is 0.0220. The van der Waals surface area contributed by atoms with Gasteiger partial charge in [0, 0.05) is 29.4 Å². The number of sulfonamides is 2. The molecule has 0 spiro atoms. The van der Waals surface area contributed by atoms with Crippen LogP contribution in [0.3, 0.4) is 0 Å². The first-order valence-electron chi connectivity index (χ1n) is 10.8. The normalized spacial score (nSPS) is 11.7. The van der Waals surface area contributed by atoms with Gasteiger partial charge in [0.05, 0.1) is 21.9 Å². The van der Waals surface area contributed by atoms with Crippen LogP contribution in [0.2, 0.25) is 10.0 Å². The fraction of sp³-hybridized carbons (Fsp3) is 0.208. The average Bonchev–Trinajstić information content (AvgIpc) is 2.78. The number of nitrogens with one attached hydrogen (secondary N) is 2. The number of halogens is 2. The van der Waals surface area contributed by atoms with Crippen molar-refractivity contribution in [3.63, 3.8) is 0 Å². The van der Waals surface area contributed by atoms with Crippen LogP contribution in [0.1, 0.15) is 18.4 Å². The summed E-state index contributed by atoms with van der Waals surface area (Å²) in [7, 11) is -7.45. The zero-order chi connectivity index (χ0) is 26.5. The highest BCUT2D eigenvalue weighted by atomic mass is 35.5. The first-order valence-corrected chi connectivity index (χ1v) is 14.9. The lowest BCUT2D eigenvalue weighted by molar-refractivity contribution is -0.116. The van der Waals surface area contributed by atoms with Crippen molar-refractivity contribution < 1.29 is 21.6 Å². The van der Waals surface area contributed by atoms with Gasteiger partial charge in [-0.05, 0) is 73.5 Å². The average molecular weight is 571 g/mol. The molecule has 0 aliphatic carbocycles. The van der Waals surface area contributed by atoms with Crippen LogP contribution in [0.25, 0.3) is 0 Å². The molecule has 36 heavy (non-hydrogen) atoms. The number of rotatable bonds is 10. The number of benzene rings is 3. The molecule has 0 bridgehead atoms. The van der Waals surface area contributed by atoms with E-state index in [0.29, 0.717) is 16.4 Å². The van der Waals surface area contributed by atoms with Gasteiger partial charge in [-0.15, -0.1) is 0 Å². The second-order valence-corrected chi connectivity index (χ2v) is 12.5. The van der Waals surface area contributed by atoms with Crippen molar-refractivity contribution in [1.29, 1.82) is 0 Å².